The summed E-state index contributed by atoms with van der Waals surface area (Å²) in [5.41, 5.74) is 1.11. The van der Waals surface area contributed by atoms with Crippen LogP contribution < -0.4 is 5.32 Å². The van der Waals surface area contributed by atoms with E-state index in [0.717, 1.165) is 41.0 Å². The van der Waals surface area contributed by atoms with Gasteiger partial charge in [-0.25, -0.2) is 4.98 Å². The van der Waals surface area contributed by atoms with Crippen molar-refractivity contribution >= 4 is 38.3 Å². The van der Waals surface area contributed by atoms with Crippen LogP contribution in [-0.2, 0) is 4.79 Å². The minimum atomic E-state index is 0.0596. The van der Waals surface area contributed by atoms with E-state index >= 15 is 0 Å². The lowest BCUT2D eigenvalue weighted by molar-refractivity contribution is -0.119. The number of aromatic nitrogens is 1. The molecule has 1 aliphatic heterocycles. The van der Waals surface area contributed by atoms with Gasteiger partial charge in [-0.05, 0) is 36.6 Å². The Hall–Kier alpha value is -1.24. The maximum absolute atomic E-state index is 12.5. The van der Waals surface area contributed by atoms with Gasteiger partial charge in [0.1, 0.15) is 0 Å². The Kier molecular flexibility index (Phi) is 5.69. The van der Waals surface area contributed by atoms with Gasteiger partial charge < -0.3 is 10.2 Å². The van der Waals surface area contributed by atoms with Gasteiger partial charge in [-0.1, -0.05) is 53.2 Å². The summed E-state index contributed by atoms with van der Waals surface area (Å²) in [5.74, 6) is 1.53. The number of carbonyl (C=O) groups excluding carboxylic acids is 1. The second-order valence-electron chi connectivity index (χ2n) is 6.45. The highest BCUT2D eigenvalue weighted by Crippen LogP contribution is 2.30. The first kappa shape index (κ1) is 17.6. The fraction of sp³-hybridized carbons (Fsp3) is 0.389. The molecule has 2 heterocycles. The average molecular weight is 407 g/mol. The SMILES string of the molecule is C[C](C)CN1CC[C@H](C(=O)Nc2ncc(-c3ccc(Br)cc3)s2)C1. The number of amides is 1. The first-order valence-corrected chi connectivity index (χ1v) is 9.66. The Labute approximate surface area is 155 Å². The van der Waals surface area contributed by atoms with Crippen molar-refractivity contribution in [2.45, 2.75) is 20.3 Å². The van der Waals surface area contributed by atoms with Gasteiger partial charge in [0.15, 0.2) is 5.13 Å². The maximum Gasteiger partial charge on any atom is 0.230 e. The predicted octanol–water partition coefficient (Wildman–Crippen LogP) is 4.45. The van der Waals surface area contributed by atoms with Crippen molar-refractivity contribution in [3.63, 3.8) is 0 Å². The zero-order valence-electron chi connectivity index (χ0n) is 13.9. The standard InChI is InChI=1S/C18H21BrN3OS/c1-12(2)10-22-8-7-14(11-22)17(23)21-18-20-9-16(24-18)13-3-5-15(19)6-4-13/h3-6,9,14H,7-8,10-11H2,1-2H3,(H,20,21,23)/t14-/m0/s1. The second kappa shape index (κ2) is 7.76. The molecule has 1 aliphatic rings. The van der Waals surface area contributed by atoms with Gasteiger partial charge in [-0.2, -0.15) is 0 Å². The average Bonchev–Trinajstić information content (AvgIpc) is 3.17. The molecule has 0 saturated carbocycles. The summed E-state index contributed by atoms with van der Waals surface area (Å²) < 4.78 is 1.05. The van der Waals surface area contributed by atoms with Gasteiger partial charge in [0.05, 0.1) is 10.8 Å². The number of nitrogens with zero attached hydrogens (tertiary/aromatic N) is 2. The number of likely N-dealkylation sites (tertiary alicyclic amines) is 1. The monoisotopic (exact) mass is 406 g/mol. The summed E-state index contributed by atoms with van der Waals surface area (Å²) in [6.45, 7) is 7.07. The van der Waals surface area contributed by atoms with Crippen molar-refractivity contribution < 1.29 is 4.79 Å². The quantitative estimate of drug-likeness (QED) is 0.797. The number of thiazole rings is 1. The fourth-order valence-corrected chi connectivity index (χ4v) is 4.01. The van der Waals surface area contributed by atoms with Crippen LogP contribution >= 0.6 is 27.3 Å². The molecule has 1 aromatic carbocycles. The lowest BCUT2D eigenvalue weighted by Crippen LogP contribution is -2.28. The van der Waals surface area contributed by atoms with E-state index in [4.69, 9.17) is 0 Å². The van der Waals surface area contributed by atoms with E-state index in [0.29, 0.717) is 5.13 Å². The van der Waals surface area contributed by atoms with E-state index in [1.54, 1.807) is 0 Å². The van der Waals surface area contributed by atoms with Crippen molar-refractivity contribution in [3.05, 3.63) is 40.9 Å². The normalized spacial score (nSPS) is 18.2. The van der Waals surface area contributed by atoms with Gasteiger partial charge in [0.25, 0.3) is 0 Å². The Bertz CT molecular complexity index is 699. The van der Waals surface area contributed by atoms with Crippen LogP contribution in [0.4, 0.5) is 5.13 Å². The zero-order chi connectivity index (χ0) is 17.1. The van der Waals surface area contributed by atoms with Crippen LogP contribution in [0.1, 0.15) is 20.3 Å². The Balaban J connectivity index is 1.59. The van der Waals surface area contributed by atoms with Gasteiger partial charge >= 0.3 is 0 Å². The first-order valence-electron chi connectivity index (χ1n) is 8.05. The summed E-state index contributed by atoms with van der Waals surface area (Å²) >= 11 is 4.95. The third kappa shape index (κ3) is 4.43. The molecular formula is C18H21BrN3OS. The highest BCUT2D eigenvalue weighted by Gasteiger charge is 2.28. The molecule has 1 amide bonds. The summed E-state index contributed by atoms with van der Waals surface area (Å²) in [6, 6.07) is 8.10. The van der Waals surface area contributed by atoms with Crippen LogP contribution in [0, 0.1) is 11.8 Å². The number of nitrogens with one attached hydrogen (secondary N) is 1. The molecule has 0 aliphatic carbocycles. The first-order chi connectivity index (χ1) is 11.5. The maximum atomic E-state index is 12.5. The predicted molar refractivity (Wildman–Crippen MR) is 103 cm³/mol. The second-order valence-corrected chi connectivity index (χ2v) is 8.40. The molecule has 0 bridgehead atoms. The fourth-order valence-electron chi connectivity index (χ4n) is 2.92. The molecule has 1 radical (unpaired) electrons. The molecule has 1 saturated heterocycles. The van der Waals surface area contributed by atoms with Crippen LogP contribution in [0.3, 0.4) is 0 Å². The molecule has 2 aromatic rings. The molecule has 0 unspecified atom stereocenters. The lowest BCUT2D eigenvalue weighted by Gasteiger charge is -2.17. The minimum Gasteiger partial charge on any atom is -0.302 e. The van der Waals surface area contributed by atoms with Crippen LogP contribution in [0.15, 0.2) is 34.9 Å². The largest absolute Gasteiger partial charge is 0.302 e. The molecule has 4 nitrogen and oxygen atoms in total. The van der Waals surface area contributed by atoms with Crippen molar-refractivity contribution in [3.8, 4) is 10.4 Å². The molecule has 6 heteroatoms. The van der Waals surface area contributed by atoms with E-state index < -0.39 is 0 Å². The smallest absolute Gasteiger partial charge is 0.230 e. The Morgan fingerprint density at radius 1 is 1.38 bits per heavy atom. The van der Waals surface area contributed by atoms with Crippen molar-refractivity contribution in [1.82, 2.24) is 9.88 Å². The Morgan fingerprint density at radius 3 is 2.83 bits per heavy atom. The van der Waals surface area contributed by atoms with E-state index in [2.05, 4.69) is 45.0 Å². The number of carbonyl (C=O) groups is 1. The lowest BCUT2D eigenvalue weighted by atomic mass is 10.1. The summed E-state index contributed by atoms with van der Waals surface area (Å²) in [7, 11) is 0. The number of rotatable bonds is 5. The molecular weight excluding hydrogens is 386 g/mol. The van der Waals surface area contributed by atoms with Crippen LogP contribution in [0.25, 0.3) is 10.4 Å². The van der Waals surface area contributed by atoms with Crippen molar-refractivity contribution in [2.24, 2.45) is 5.92 Å². The third-order valence-corrected chi connectivity index (χ3v) is 5.54. The number of halogens is 1. The number of anilines is 1. The van der Waals surface area contributed by atoms with E-state index in [1.807, 2.05) is 30.5 Å². The zero-order valence-corrected chi connectivity index (χ0v) is 16.3. The third-order valence-electron chi connectivity index (χ3n) is 4.05. The van der Waals surface area contributed by atoms with Crippen molar-refractivity contribution in [1.29, 1.82) is 0 Å². The molecule has 1 fully saturated rings. The van der Waals surface area contributed by atoms with Crippen LogP contribution in [0.2, 0.25) is 0 Å². The van der Waals surface area contributed by atoms with Gasteiger partial charge in [0.2, 0.25) is 5.91 Å². The number of hydrogen-bond donors (Lipinski definition) is 1. The van der Waals surface area contributed by atoms with Crippen LogP contribution in [-0.4, -0.2) is 35.4 Å². The van der Waals surface area contributed by atoms with Crippen molar-refractivity contribution in [2.75, 3.05) is 25.0 Å². The minimum absolute atomic E-state index is 0.0596. The summed E-state index contributed by atoms with van der Waals surface area (Å²) in [4.78, 5) is 20.2. The topological polar surface area (TPSA) is 45.2 Å². The van der Waals surface area contributed by atoms with Gasteiger partial charge in [0, 0.05) is 23.8 Å². The Morgan fingerprint density at radius 2 is 2.12 bits per heavy atom. The van der Waals surface area contributed by atoms with Gasteiger partial charge in [-0.15, -0.1) is 0 Å². The highest BCUT2D eigenvalue weighted by atomic mass is 79.9. The molecule has 1 N–H and O–H groups in total. The summed E-state index contributed by atoms with van der Waals surface area (Å²) in [5, 5.41) is 3.66. The number of benzene rings is 1. The highest BCUT2D eigenvalue weighted by molar-refractivity contribution is 9.10. The molecule has 24 heavy (non-hydrogen) atoms. The summed E-state index contributed by atoms with van der Waals surface area (Å²) in [6.07, 6.45) is 2.74. The van der Waals surface area contributed by atoms with Gasteiger partial charge in [-0.3, -0.25) is 4.79 Å². The molecule has 1 atom stereocenters. The molecule has 1 aromatic heterocycles. The molecule has 0 spiro atoms. The van der Waals surface area contributed by atoms with Crippen LogP contribution in [0.5, 0.6) is 0 Å². The molecule has 3 rings (SSSR count). The molecule has 127 valence electrons. The van der Waals surface area contributed by atoms with E-state index in [-0.39, 0.29) is 11.8 Å². The van der Waals surface area contributed by atoms with E-state index in [1.165, 1.54) is 17.3 Å². The van der Waals surface area contributed by atoms with E-state index in [9.17, 15) is 4.79 Å². The number of hydrogen-bond acceptors (Lipinski definition) is 4.